The van der Waals surface area contributed by atoms with E-state index in [-0.39, 0.29) is 11.9 Å². The van der Waals surface area contributed by atoms with Crippen LogP contribution in [-0.2, 0) is 0 Å². The fourth-order valence-corrected chi connectivity index (χ4v) is 3.01. The van der Waals surface area contributed by atoms with Crippen LogP contribution < -0.4 is 5.32 Å². The molecule has 0 aliphatic carbocycles. The van der Waals surface area contributed by atoms with Crippen LogP contribution in [0.25, 0.3) is 10.9 Å². The average Bonchev–Trinajstić information content (AvgIpc) is 2.47. The summed E-state index contributed by atoms with van der Waals surface area (Å²) in [5, 5.41) is 4.33. The van der Waals surface area contributed by atoms with Crippen molar-refractivity contribution >= 4 is 26.8 Å². The van der Waals surface area contributed by atoms with Crippen LogP contribution in [0, 0.1) is 5.82 Å². The second-order valence-corrected chi connectivity index (χ2v) is 5.80. The minimum absolute atomic E-state index is 0.0802. The number of rotatable bonds is 3. The molecule has 106 valence electrons. The highest BCUT2D eigenvalue weighted by Crippen LogP contribution is 2.27. The molecule has 3 rings (SSSR count). The van der Waals surface area contributed by atoms with Crippen LogP contribution in [-0.4, -0.2) is 12.0 Å². The van der Waals surface area contributed by atoms with E-state index in [1.54, 1.807) is 12.3 Å². The van der Waals surface area contributed by atoms with E-state index in [9.17, 15) is 4.39 Å². The summed E-state index contributed by atoms with van der Waals surface area (Å²) in [7, 11) is 1.87. The lowest BCUT2D eigenvalue weighted by Gasteiger charge is -2.18. The summed E-state index contributed by atoms with van der Waals surface area (Å²) in [5.74, 6) is -0.251. The van der Waals surface area contributed by atoms with Gasteiger partial charge in [0.15, 0.2) is 0 Å². The van der Waals surface area contributed by atoms with Gasteiger partial charge in [0, 0.05) is 16.1 Å². The fraction of sp³-hybridized carbons (Fsp3) is 0.118. The van der Waals surface area contributed by atoms with Gasteiger partial charge in [0.1, 0.15) is 5.82 Å². The summed E-state index contributed by atoms with van der Waals surface area (Å²) < 4.78 is 14.4. The number of nitrogens with zero attached hydrogens (tertiary/aromatic N) is 1. The zero-order chi connectivity index (χ0) is 14.8. The molecule has 0 radical (unpaired) electrons. The smallest absolute Gasteiger partial charge is 0.124 e. The van der Waals surface area contributed by atoms with Crippen LogP contribution in [0.3, 0.4) is 0 Å². The van der Waals surface area contributed by atoms with Gasteiger partial charge in [-0.25, -0.2) is 4.39 Å². The fourth-order valence-electron chi connectivity index (χ4n) is 2.53. The molecular weight excluding hydrogens is 331 g/mol. The summed E-state index contributed by atoms with van der Waals surface area (Å²) in [6, 6.07) is 14.9. The van der Waals surface area contributed by atoms with Crippen molar-refractivity contribution in [3.05, 3.63) is 76.1 Å². The molecule has 0 bridgehead atoms. The minimum atomic E-state index is -0.251. The molecule has 2 aromatic carbocycles. The molecule has 21 heavy (non-hydrogen) atoms. The van der Waals surface area contributed by atoms with Gasteiger partial charge in [-0.3, -0.25) is 4.98 Å². The van der Waals surface area contributed by atoms with Crippen LogP contribution in [0.5, 0.6) is 0 Å². The van der Waals surface area contributed by atoms with Gasteiger partial charge in [0.05, 0.1) is 11.6 Å². The van der Waals surface area contributed by atoms with Crippen molar-refractivity contribution in [1.82, 2.24) is 10.3 Å². The molecule has 1 aromatic heterocycles. The van der Waals surface area contributed by atoms with E-state index >= 15 is 0 Å². The van der Waals surface area contributed by atoms with E-state index in [0.29, 0.717) is 0 Å². The monoisotopic (exact) mass is 344 g/mol. The molecule has 0 amide bonds. The first-order chi connectivity index (χ1) is 10.2. The highest BCUT2D eigenvalue weighted by Gasteiger charge is 2.14. The van der Waals surface area contributed by atoms with Gasteiger partial charge in [-0.1, -0.05) is 34.1 Å². The van der Waals surface area contributed by atoms with Crippen molar-refractivity contribution < 1.29 is 4.39 Å². The van der Waals surface area contributed by atoms with Crippen molar-refractivity contribution in [2.45, 2.75) is 6.04 Å². The quantitative estimate of drug-likeness (QED) is 0.759. The van der Waals surface area contributed by atoms with Crippen molar-refractivity contribution in [2.24, 2.45) is 0 Å². The molecule has 0 saturated carbocycles. The number of aromatic nitrogens is 1. The Balaban J connectivity index is 2.08. The van der Waals surface area contributed by atoms with Crippen LogP contribution in [0.1, 0.15) is 17.2 Å². The molecule has 0 fully saturated rings. The predicted molar refractivity (Wildman–Crippen MR) is 86.7 cm³/mol. The maximum absolute atomic E-state index is 13.6. The summed E-state index contributed by atoms with van der Waals surface area (Å²) >= 11 is 3.34. The number of hydrogen-bond donors (Lipinski definition) is 1. The average molecular weight is 345 g/mol. The van der Waals surface area contributed by atoms with Gasteiger partial charge in [-0.2, -0.15) is 0 Å². The molecule has 0 aliphatic rings. The van der Waals surface area contributed by atoms with Gasteiger partial charge < -0.3 is 5.32 Å². The topological polar surface area (TPSA) is 24.9 Å². The van der Waals surface area contributed by atoms with Crippen molar-refractivity contribution in [3.63, 3.8) is 0 Å². The second-order valence-electron chi connectivity index (χ2n) is 4.88. The summed E-state index contributed by atoms with van der Waals surface area (Å²) in [4.78, 5) is 4.38. The van der Waals surface area contributed by atoms with E-state index in [4.69, 9.17) is 0 Å². The molecule has 1 heterocycles. The maximum atomic E-state index is 13.6. The van der Waals surface area contributed by atoms with E-state index < -0.39 is 0 Å². The lowest BCUT2D eigenvalue weighted by molar-refractivity contribution is 0.615. The molecule has 2 nitrogen and oxygen atoms in total. The highest BCUT2D eigenvalue weighted by atomic mass is 79.9. The standard InChI is InChI=1S/C17H14BrFN2/c1-20-17(13-7-14(18)10-15(19)8-13)12-5-4-11-3-2-6-21-16(11)9-12/h2-10,17,20H,1H3. The third-order valence-corrected chi connectivity index (χ3v) is 3.93. The summed E-state index contributed by atoms with van der Waals surface area (Å²) in [6.45, 7) is 0. The number of halogens is 2. The summed E-state index contributed by atoms with van der Waals surface area (Å²) in [6.07, 6.45) is 1.78. The first kappa shape index (κ1) is 14.2. The maximum Gasteiger partial charge on any atom is 0.124 e. The van der Waals surface area contributed by atoms with Crippen LogP contribution in [0.2, 0.25) is 0 Å². The first-order valence-electron chi connectivity index (χ1n) is 6.65. The van der Waals surface area contributed by atoms with Crippen LogP contribution >= 0.6 is 15.9 Å². The molecule has 0 spiro atoms. The third kappa shape index (κ3) is 2.96. The molecule has 1 N–H and O–H groups in total. The number of benzene rings is 2. The number of pyridine rings is 1. The number of nitrogens with one attached hydrogen (secondary N) is 1. The Bertz CT molecular complexity index is 768. The van der Waals surface area contributed by atoms with E-state index in [1.807, 2.05) is 43.4 Å². The molecular formula is C17H14BrFN2. The Labute approximate surface area is 131 Å². The Morgan fingerprint density at radius 3 is 2.71 bits per heavy atom. The van der Waals surface area contributed by atoms with Crippen LogP contribution in [0.15, 0.2) is 59.2 Å². The van der Waals surface area contributed by atoms with Crippen LogP contribution in [0.4, 0.5) is 4.39 Å². The van der Waals surface area contributed by atoms with Crippen molar-refractivity contribution in [3.8, 4) is 0 Å². The molecule has 0 aliphatic heterocycles. The molecule has 4 heteroatoms. The first-order valence-corrected chi connectivity index (χ1v) is 7.44. The molecule has 0 saturated heterocycles. The van der Waals surface area contributed by atoms with Gasteiger partial charge >= 0.3 is 0 Å². The number of hydrogen-bond acceptors (Lipinski definition) is 2. The zero-order valence-electron chi connectivity index (χ0n) is 11.5. The van der Waals surface area contributed by atoms with Gasteiger partial charge in [0.2, 0.25) is 0 Å². The highest BCUT2D eigenvalue weighted by molar-refractivity contribution is 9.10. The Morgan fingerprint density at radius 2 is 1.95 bits per heavy atom. The van der Waals surface area contributed by atoms with E-state index in [1.165, 1.54) is 6.07 Å². The van der Waals surface area contributed by atoms with Gasteiger partial charge in [-0.15, -0.1) is 0 Å². The third-order valence-electron chi connectivity index (χ3n) is 3.47. The van der Waals surface area contributed by atoms with E-state index in [0.717, 1.165) is 26.5 Å². The normalized spacial score (nSPS) is 12.5. The van der Waals surface area contributed by atoms with Gasteiger partial charge in [0.25, 0.3) is 0 Å². The van der Waals surface area contributed by atoms with E-state index in [2.05, 4.69) is 26.2 Å². The summed E-state index contributed by atoms with van der Waals surface area (Å²) in [5.41, 5.74) is 2.87. The lowest BCUT2D eigenvalue weighted by atomic mass is 9.97. The Kier molecular flexibility index (Phi) is 3.99. The molecule has 1 atom stereocenters. The Morgan fingerprint density at radius 1 is 1.10 bits per heavy atom. The largest absolute Gasteiger partial charge is 0.309 e. The molecule has 3 aromatic rings. The predicted octanol–water partition coefficient (Wildman–Crippen LogP) is 4.45. The van der Waals surface area contributed by atoms with Gasteiger partial charge in [-0.05, 0) is 48.5 Å². The SMILES string of the molecule is CNC(c1cc(F)cc(Br)c1)c1ccc2cccnc2c1. The number of fused-ring (bicyclic) bond motifs is 1. The second kappa shape index (κ2) is 5.92. The van der Waals surface area contributed by atoms with Crippen molar-refractivity contribution in [1.29, 1.82) is 0 Å². The minimum Gasteiger partial charge on any atom is -0.309 e. The van der Waals surface area contributed by atoms with Crippen molar-refractivity contribution in [2.75, 3.05) is 7.05 Å². The zero-order valence-corrected chi connectivity index (χ0v) is 13.1. The Hall–Kier alpha value is -1.78. The lowest BCUT2D eigenvalue weighted by Crippen LogP contribution is -2.17. The molecule has 1 unspecified atom stereocenters.